The average Bonchev–Trinajstić information content (AvgIpc) is 2.87. The summed E-state index contributed by atoms with van der Waals surface area (Å²) in [5, 5.41) is 3.45. The predicted molar refractivity (Wildman–Crippen MR) is 87.0 cm³/mol. The first-order chi connectivity index (χ1) is 11.0. The van der Waals surface area contributed by atoms with Crippen LogP contribution in [0.25, 0.3) is 0 Å². The number of nitrogens with zero attached hydrogens (tertiary/aromatic N) is 2. The molecule has 0 spiro atoms. The standard InChI is InChI=1S/C16H17Cl2F2N3/c1-2-13-22-16(18)15-12(21-5-6-23(13)15)4-3-9-7-10(19)14(17)11(20)8-9/h7-8,12,21H,2-6H2,1H3. The molecule has 124 valence electrons. The minimum absolute atomic E-state index is 0.0193. The number of nitrogens with one attached hydrogen (secondary N) is 1. The molecule has 0 bridgehead atoms. The van der Waals surface area contributed by atoms with Gasteiger partial charge in [-0.1, -0.05) is 30.1 Å². The molecule has 0 saturated heterocycles. The molecule has 0 saturated carbocycles. The Balaban J connectivity index is 1.79. The van der Waals surface area contributed by atoms with E-state index in [0.717, 1.165) is 31.0 Å². The van der Waals surface area contributed by atoms with Gasteiger partial charge in [0.1, 0.15) is 22.5 Å². The number of hydrogen-bond donors (Lipinski definition) is 1. The van der Waals surface area contributed by atoms with E-state index in [1.165, 1.54) is 12.1 Å². The van der Waals surface area contributed by atoms with E-state index in [0.29, 0.717) is 23.6 Å². The molecule has 1 aromatic heterocycles. The van der Waals surface area contributed by atoms with Crippen molar-refractivity contribution in [2.75, 3.05) is 6.54 Å². The number of hydrogen-bond acceptors (Lipinski definition) is 2. The van der Waals surface area contributed by atoms with Crippen LogP contribution in [-0.4, -0.2) is 16.1 Å². The number of fused-ring (bicyclic) bond motifs is 1. The minimum Gasteiger partial charge on any atom is -0.328 e. The van der Waals surface area contributed by atoms with Gasteiger partial charge in [0, 0.05) is 19.5 Å². The molecule has 1 aliphatic rings. The van der Waals surface area contributed by atoms with Crippen LogP contribution in [0.4, 0.5) is 8.78 Å². The summed E-state index contributed by atoms with van der Waals surface area (Å²) in [5.74, 6) is -0.482. The van der Waals surface area contributed by atoms with E-state index in [1.807, 2.05) is 6.92 Å². The summed E-state index contributed by atoms with van der Waals surface area (Å²) in [5.41, 5.74) is 1.54. The molecule has 0 radical (unpaired) electrons. The minimum atomic E-state index is -0.727. The first-order valence-corrected chi connectivity index (χ1v) is 8.38. The molecule has 0 amide bonds. The maximum Gasteiger partial charge on any atom is 0.152 e. The van der Waals surface area contributed by atoms with Crippen LogP contribution < -0.4 is 5.32 Å². The number of halogens is 4. The Bertz CT molecular complexity index is 707. The molecule has 1 unspecified atom stereocenters. The molecule has 1 N–H and O–H groups in total. The lowest BCUT2D eigenvalue weighted by Crippen LogP contribution is -2.34. The summed E-state index contributed by atoms with van der Waals surface area (Å²) in [7, 11) is 0. The number of benzene rings is 1. The monoisotopic (exact) mass is 359 g/mol. The van der Waals surface area contributed by atoms with Gasteiger partial charge in [0.05, 0.1) is 11.7 Å². The Labute approximate surface area is 143 Å². The molecule has 3 nitrogen and oxygen atoms in total. The van der Waals surface area contributed by atoms with Crippen molar-refractivity contribution in [3.8, 4) is 0 Å². The summed E-state index contributed by atoms with van der Waals surface area (Å²) < 4.78 is 29.2. The van der Waals surface area contributed by atoms with Gasteiger partial charge < -0.3 is 9.88 Å². The van der Waals surface area contributed by atoms with E-state index in [4.69, 9.17) is 23.2 Å². The van der Waals surface area contributed by atoms with Crippen molar-refractivity contribution in [3.05, 3.63) is 51.0 Å². The van der Waals surface area contributed by atoms with E-state index in [9.17, 15) is 8.78 Å². The normalized spacial score (nSPS) is 17.3. The summed E-state index contributed by atoms with van der Waals surface area (Å²) in [6.07, 6.45) is 2.01. The van der Waals surface area contributed by atoms with Gasteiger partial charge in [-0.3, -0.25) is 0 Å². The second-order valence-electron chi connectivity index (χ2n) is 5.63. The lowest BCUT2D eigenvalue weighted by Gasteiger charge is -2.27. The first kappa shape index (κ1) is 16.7. The van der Waals surface area contributed by atoms with Gasteiger partial charge in [0.25, 0.3) is 0 Å². The average molecular weight is 360 g/mol. The van der Waals surface area contributed by atoms with Gasteiger partial charge in [-0.05, 0) is 30.5 Å². The fourth-order valence-electron chi connectivity index (χ4n) is 3.08. The van der Waals surface area contributed by atoms with Crippen LogP contribution in [0, 0.1) is 11.6 Å². The molecule has 7 heteroatoms. The molecule has 1 atom stereocenters. The van der Waals surface area contributed by atoms with E-state index >= 15 is 0 Å². The summed E-state index contributed by atoms with van der Waals surface area (Å²) in [6.45, 7) is 3.70. The van der Waals surface area contributed by atoms with Crippen molar-refractivity contribution in [2.24, 2.45) is 0 Å². The Kier molecular flexibility index (Phi) is 4.90. The van der Waals surface area contributed by atoms with Crippen molar-refractivity contribution >= 4 is 23.2 Å². The number of imidazole rings is 1. The molecule has 2 aromatic rings. The van der Waals surface area contributed by atoms with Crippen molar-refractivity contribution < 1.29 is 8.78 Å². The molecule has 0 aliphatic carbocycles. The highest BCUT2D eigenvalue weighted by Gasteiger charge is 2.26. The zero-order valence-corrected chi connectivity index (χ0v) is 14.2. The van der Waals surface area contributed by atoms with Crippen LogP contribution in [0.15, 0.2) is 12.1 Å². The van der Waals surface area contributed by atoms with E-state index in [-0.39, 0.29) is 6.04 Å². The molecule has 23 heavy (non-hydrogen) atoms. The Morgan fingerprint density at radius 1 is 1.30 bits per heavy atom. The Morgan fingerprint density at radius 2 is 2.00 bits per heavy atom. The van der Waals surface area contributed by atoms with Crippen molar-refractivity contribution in [1.82, 2.24) is 14.9 Å². The topological polar surface area (TPSA) is 29.9 Å². The first-order valence-electron chi connectivity index (χ1n) is 7.62. The highest BCUT2D eigenvalue weighted by Crippen LogP contribution is 2.30. The maximum atomic E-state index is 13.5. The van der Waals surface area contributed by atoms with Gasteiger partial charge in [0.15, 0.2) is 5.15 Å². The number of rotatable bonds is 4. The molecule has 1 aromatic carbocycles. The molecule has 1 aliphatic heterocycles. The molecule has 3 rings (SSSR count). The van der Waals surface area contributed by atoms with E-state index < -0.39 is 16.7 Å². The fourth-order valence-corrected chi connectivity index (χ4v) is 3.52. The van der Waals surface area contributed by atoms with Crippen LogP contribution >= 0.6 is 23.2 Å². The van der Waals surface area contributed by atoms with Crippen LogP contribution in [0.3, 0.4) is 0 Å². The fraction of sp³-hybridized carbons (Fsp3) is 0.438. The smallest absolute Gasteiger partial charge is 0.152 e. The van der Waals surface area contributed by atoms with E-state index in [1.54, 1.807) is 0 Å². The second kappa shape index (κ2) is 6.75. The third-order valence-corrected chi connectivity index (χ3v) is 4.82. The number of aryl methyl sites for hydroxylation is 2. The molecule has 0 fully saturated rings. The van der Waals surface area contributed by atoms with Crippen LogP contribution in [-0.2, 0) is 19.4 Å². The zero-order valence-electron chi connectivity index (χ0n) is 12.7. The van der Waals surface area contributed by atoms with E-state index in [2.05, 4.69) is 14.9 Å². The van der Waals surface area contributed by atoms with Crippen LogP contribution in [0.1, 0.15) is 36.5 Å². The quantitative estimate of drug-likeness (QED) is 0.824. The molecule has 2 heterocycles. The highest BCUT2D eigenvalue weighted by molar-refractivity contribution is 6.31. The van der Waals surface area contributed by atoms with Gasteiger partial charge >= 0.3 is 0 Å². The van der Waals surface area contributed by atoms with Gasteiger partial charge in [0.2, 0.25) is 0 Å². The van der Waals surface area contributed by atoms with Gasteiger partial charge in [-0.2, -0.15) is 0 Å². The highest BCUT2D eigenvalue weighted by atomic mass is 35.5. The molecular formula is C16H17Cl2F2N3. The van der Waals surface area contributed by atoms with Crippen LogP contribution in [0.2, 0.25) is 10.2 Å². The number of aromatic nitrogens is 2. The summed E-state index contributed by atoms with van der Waals surface area (Å²) in [6, 6.07) is 2.58. The maximum absolute atomic E-state index is 13.5. The van der Waals surface area contributed by atoms with Crippen molar-refractivity contribution in [2.45, 2.75) is 38.8 Å². The van der Waals surface area contributed by atoms with Gasteiger partial charge in [-0.25, -0.2) is 13.8 Å². The van der Waals surface area contributed by atoms with Crippen molar-refractivity contribution in [1.29, 1.82) is 0 Å². The lowest BCUT2D eigenvalue weighted by atomic mass is 10.0. The van der Waals surface area contributed by atoms with Crippen LogP contribution in [0.5, 0.6) is 0 Å². The lowest BCUT2D eigenvalue weighted by molar-refractivity contribution is 0.400. The second-order valence-corrected chi connectivity index (χ2v) is 6.36. The predicted octanol–water partition coefficient (Wildman–Crippen LogP) is 4.31. The zero-order chi connectivity index (χ0) is 16.6. The Morgan fingerprint density at radius 3 is 2.65 bits per heavy atom. The largest absolute Gasteiger partial charge is 0.328 e. The van der Waals surface area contributed by atoms with Crippen molar-refractivity contribution in [3.63, 3.8) is 0 Å². The Hall–Kier alpha value is -1.17. The summed E-state index contributed by atoms with van der Waals surface area (Å²) >= 11 is 11.8. The summed E-state index contributed by atoms with van der Waals surface area (Å²) in [4.78, 5) is 4.41. The third-order valence-electron chi connectivity index (χ3n) is 4.18. The third kappa shape index (κ3) is 3.23. The molecular weight excluding hydrogens is 343 g/mol. The van der Waals surface area contributed by atoms with Gasteiger partial charge in [-0.15, -0.1) is 0 Å². The SMILES string of the molecule is CCc1nc(Cl)c2n1CCNC2CCc1cc(F)c(Cl)c(F)c1.